The van der Waals surface area contributed by atoms with E-state index in [1.54, 1.807) is 4.90 Å². The summed E-state index contributed by atoms with van der Waals surface area (Å²) in [6.45, 7) is 9.86. The number of hydrogen-bond donors (Lipinski definition) is 3. The molecule has 0 spiro atoms. The van der Waals surface area contributed by atoms with Gasteiger partial charge in [0.2, 0.25) is 0 Å². The number of aliphatic carboxylic acids is 3. The van der Waals surface area contributed by atoms with Crippen LogP contribution >= 0.6 is 0 Å². The highest BCUT2D eigenvalue weighted by Gasteiger charge is 2.60. The number of hydrogen-bond acceptors (Lipinski definition) is 10. The molecular weight excluding hydrogens is 692 g/mol. The molecule has 0 aromatic carbocycles. The number of carboxylic acids is 3. The highest BCUT2D eigenvalue weighted by atomic mass is 16.5. The largest absolute Gasteiger partial charge is 0.480 e. The molecule has 0 amide bonds. The maximum Gasteiger partial charge on any atom is 0.317 e. The van der Waals surface area contributed by atoms with E-state index in [0.29, 0.717) is 88.9 Å². The van der Waals surface area contributed by atoms with Crippen LogP contribution in [-0.4, -0.2) is 156 Å². The molecule has 0 aromatic rings. The fourth-order valence-corrected chi connectivity index (χ4v) is 11.1. The lowest BCUT2D eigenvalue weighted by Crippen LogP contribution is -2.51. The van der Waals surface area contributed by atoms with E-state index >= 15 is 0 Å². The first-order valence-electron chi connectivity index (χ1n) is 20.7. The van der Waals surface area contributed by atoms with Gasteiger partial charge in [0.05, 0.1) is 19.6 Å². The SMILES string of the molecule is C[C@]12CCC(=O)C=C1CCC1C2CC[C@@]2(C)C1CC[C@@H]2C(=O)COCCCCCCN1CCN(CC(=O)O)CCN(CC(=O)O)CCN(CC(=O)O)CC1. The van der Waals surface area contributed by atoms with Crippen LogP contribution in [0.5, 0.6) is 0 Å². The predicted octanol–water partition coefficient (Wildman–Crippen LogP) is 3.76. The second kappa shape index (κ2) is 19.4. The maximum absolute atomic E-state index is 13.6. The van der Waals surface area contributed by atoms with Gasteiger partial charge in [0.1, 0.15) is 6.61 Å². The summed E-state index contributed by atoms with van der Waals surface area (Å²) in [4.78, 5) is 68.0. The Morgan fingerprint density at radius 2 is 1.24 bits per heavy atom. The summed E-state index contributed by atoms with van der Waals surface area (Å²) < 4.78 is 5.98. The van der Waals surface area contributed by atoms with Crippen LogP contribution in [0, 0.1) is 34.5 Å². The number of carbonyl (C=O) groups is 5. The Morgan fingerprint density at radius 3 is 1.81 bits per heavy atom. The van der Waals surface area contributed by atoms with Crippen molar-refractivity contribution in [2.75, 3.05) is 91.8 Å². The van der Waals surface area contributed by atoms with Crippen LogP contribution in [0.15, 0.2) is 11.6 Å². The van der Waals surface area contributed by atoms with Gasteiger partial charge >= 0.3 is 17.9 Å². The van der Waals surface area contributed by atoms with Crippen molar-refractivity contribution in [2.24, 2.45) is 34.5 Å². The van der Waals surface area contributed by atoms with E-state index in [0.717, 1.165) is 77.2 Å². The van der Waals surface area contributed by atoms with Crippen LogP contribution in [0.2, 0.25) is 0 Å². The summed E-state index contributed by atoms with van der Waals surface area (Å²) in [5.41, 5.74) is 1.58. The first kappa shape index (κ1) is 42.4. The Balaban J connectivity index is 1.03. The molecule has 5 rings (SSSR count). The molecule has 5 aliphatic rings. The second-order valence-electron chi connectivity index (χ2n) is 17.4. The number of Topliss-reactive ketones (excluding diaryl/α,β-unsaturated/α-hetero) is 1. The Labute approximate surface area is 321 Å². The lowest BCUT2D eigenvalue weighted by molar-refractivity contribution is -0.140. The molecule has 304 valence electrons. The minimum absolute atomic E-state index is 0.0442. The summed E-state index contributed by atoms with van der Waals surface area (Å²) in [7, 11) is 0. The van der Waals surface area contributed by atoms with E-state index in [-0.39, 0.29) is 48.8 Å². The minimum Gasteiger partial charge on any atom is -0.480 e. The first-order chi connectivity index (χ1) is 25.8. The van der Waals surface area contributed by atoms with Gasteiger partial charge in [-0.3, -0.25) is 38.7 Å². The zero-order valence-electron chi connectivity index (χ0n) is 32.9. The first-order valence-corrected chi connectivity index (χ1v) is 20.7. The number of unbranched alkanes of at least 4 members (excludes halogenated alkanes) is 3. The van der Waals surface area contributed by atoms with Gasteiger partial charge in [0.25, 0.3) is 0 Å². The number of carboxylic acid groups (broad SMARTS) is 3. The highest BCUT2D eigenvalue weighted by Crippen LogP contribution is 2.66. The van der Waals surface area contributed by atoms with Crippen molar-refractivity contribution in [3.05, 3.63) is 11.6 Å². The number of nitrogens with zero attached hydrogens (tertiary/aromatic N) is 4. The zero-order valence-corrected chi connectivity index (χ0v) is 32.9. The predicted molar refractivity (Wildman–Crippen MR) is 203 cm³/mol. The van der Waals surface area contributed by atoms with Crippen molar-refractivity contribution in [3.63, 3.8) is 0 Å². The third kappa shape index (κ3) is 11.0. The third-order valence-electron chi connectivity index (χ3n) is 14.1. The number of fused-ring (bicyclic) bond motifs is 5. The summed E-state index contributed by atoms with van der Waals surface area (Å²) in [5.74, 6) is -0.340. The zero-order chi connectivity index (χ0) is 38.9. The molecule has 13 heteroatoms. The summed E-state index contributed by atoms with van der Waals surface area (Å²) in [6.07, 6.45) is 13.9. The van der Waals surface area contributed by atoms with Crippen molar-refractivity contribution in [3.8, 4) is 0 Å². The molecule has 4 fully saturated rings. The van der Waals surface area contributed by atoms with Crippen molar-refractivity contribution in [2.45, 2.75) is 90.9 Å². The molecule has 4 aliphatic carbocycles. The molecule has 3 saturated carbocycles. The molecule has 0 bridgehead atoms. The van der Waals surface area contributed by atoms with Crippen molar-refractivity contribution in [1.29, 1.82) is 0 Å². The normalized spacial score (nSPS) is 32.0. The standard InChI is InChI=1S/C41H66N4O9/c1-40-13-11-31(46)25-30(40)7-8-32-33-9-10-35(41(33,2)14-12-34(32)40)36(47)29-54-24-6-4-3-5-15-42-16-18-43(26-37(48)49)20-22-45(28-39(52)53)23-21-44(19-17-42)27-38(50)51/h25,32-35H,3-24,26-29H2,1-2H3,(H,48,49)(H,50,51)(H,52,53)/t32?,33?,34?,35-,40+,41+/m1/s1. The van der Waals surface area contributed by atoms with Crippen molar-refractivity contribution >= 4 is 29.5 Å². The topological polar surface area (TPSA) is 168 Å². The van der Waals surface area contributed by atoms with Crippen LogP contribution < -0.4 is 0 Å². The Bertz CT molecular complexity index is 1340. The molecule has 13 nitrogen and oxygen atoms in total. The molecule has 6 atom stereocenters. The summed E-state index contributed by atoms with van der Waals surface area (Å²) in [6, 6.07) is 0. The number of rotatable bonds is 16. The molecule has 1 heterocycles. The lowest BCUT2D eigenvalue weighted by atomic mass is 9.46. The number of carbonyl (C=O) groups excluding carboxylic acids is 2. The van der Waals surface area contributed by atoms with E-state index < -0.39 is 17.9 Å². The fraction of sp³-hybridized carbons (Fsp3) is 0.829. The Kier molecular flexibility index (Phi) is 15.3. The van der Waals surface area contributed by atoms with Gasteiger partial charge in [-0.1, -0.05) is 32.3 Å². The van der Waals surface area contributed by atoms with Gasteiger partial charge in [-0.05, 0) is 99.0 Å². The summed E-state index contributed by atoms with van der Waals surface area (Å²) in [5, 5.41) is 28.3. The van der Waals surface area contributed by atoms with Gasteiger partial charge < -0.3 is 25.0 Å². The maximum atomic E-state index is 13.6. The number of ether oxygens (including phenoxy) is 1. The molecule has 3 unspecified atom stereocenters. The molecule has 54 heavy (non-hydrogen) atoms. The Morgan fingerprint density at radius 1 is 0.685 bits per heavy atom. The van der Waals surface area contributed by atoms with E-state index in [1.807, 2.05) is 15.9 Å². The van der Waals surface area contributed by atoms with Crippen LogP contribution in [0.3, 0.4) is 0 Å². The highest BCUT2D eigenvalue weighted by molar-refractivity contribution is 5.91. The van der Waals surface area contributed by atoms with Gasteiger partial charge in [-0.2, -0.15) is 0 Å². The molecular formula is C41H66N4O9. The van der Waals surface area contributed by atoms with Crippen molar-refractivity contribution < 1.29 is 44.0 Å². The molecule has 1 aliphatic heterocycles. The van der Waals surface area contributed by atoms with Crippen LogP contribution in [-0.2, 0) is 28.7 Å². The molecule has 3 N–H and O–H groups in total. The lowest BCUT2D eigenvalue weighted by Gasteiger charge is -2.58. The number of allylic oxidation sites excluding steroid dienone is 1. The van der Waals surface area contributed by atoms with Gasteiger partial charge in [0.15, 0.2) is 11.6 Å². The monoisotopic (exact) mass is 758 g/mol. The van der Waals surface area contributed by atoms with Crippen LogP contribution in [0.1, 0.15) is 90.9 Å². The fourth-order valence-electron chi connectivity index (χ4n) is 11.1. The van der Waals surface area contributed by atoms with E-state index in [4.69, 9.17) is 4.74 Å². The minimum atomic E-state index is -0.969. The quantitative estimate of drug-likeness (QED) is 0.195. The van der Waals surface area contributed by atoms with Gasteiger partial charge in [-0.15, -0.1) is 0 Å². The second-order valence-corrected chi connectivity index (χ2v) is 17.4. The van der Waals surface area contributed by atoms with Crippen LogP contribution in [0.4, 0.5) is 0 Å². The average Bonchev–Trinajstić information content (AvgIpc) is 3.47. The molecule has 0 radical (unpaired) electrons. The van der Waals surface area contributed by atoms with Crippen molar-refractivity contribution in [1.82, 2.24) is 19.6 Å². The molecule has 1 saturated heterocycles. The third-order valence-corrected chi connectivity index (χ3v) is 14.1. The molecule has 0 aromatic heterocycles. The van der Waals surface area contributed by atoms with E-state index in [9.17, 15) is 39.3 Å². The smallest absolute Gasteiger partial charge is 0.317 e. The van der Waals surface area contributed by atoms with Gasteiger partial charge in [-0.25, -0.2) is 0 Å². The van der Waals surface area contributed by atoms with Gasteiger partial charge in [0, 0.05) is 71.3 Å². The summed E-state index contributed by atoms with van der Waals surface area (Å²) >= 11 is 0. The van der Waals surface area contributed by atoms with E-state index in [1.165, 1.54) is 5.57 Å². The van der Waals surface area contributed by atoms with Crippen LogP contribution in [0.25, 0.3) is 0 Å². The average molecular weight is 759 g/mol. The number of ketones is 2. The Hall–Kier alpha value is -2.71. The van der Waals surface area contributed by atoms with E-state index in [2.05, 4.69) is 18.7 Å².